The van der Waals surface area contributed by atoms with Crippen LogP contribution in [0.4, 0.5) is 10.5 Å². The molecule has 37 heavy (non-hydrogen) atoms. The summed E-state index contributed by atoms with van der Waals surface area (Å²) in [4.78, 5) is 41.3. The summed E-state index contributed by atoms with van der Waals surface area (Å²) in [7, 11) is 1.59. The van der Waals surface area contributed by atoms with E-state index < -0.39 is 23.8 Å². The van der Waals surface area contributed by atoms with Gasteiger partial charge < -0.3 is 20.3 Å². The average Bonchev–Trinajstić information content (AvgIpc) is 2.82. The molecule has 0 aliphatic rings. The van der Waals surface area contributed by atoms with E-state index in [2.05, 4.69) is 10.6 Å². The van der Waals surface area contributed by atoms with E-state index in [1.807, 2.05) is 87.5 Å². The highest BCUT2D eigenvalue weighted by Gasteiger charge is 2.36. The van der Waals surface area contributed by atoms with Crippen LogP contribution in [0, 0.1) is 12.8 Å². The number of nitrogens with one attached hydrogen (secondary N) is 2. The minimum absolute atomic E-state index is 0.233. The van der Waals surface area contributed by atoms with Crippen LogP contribution in [0.2, 0.25) is 0 Å². The first-order valence-corrected chi connectivity index (χ1v) is 12.5. The second kappa shape index (κ2) is 11.5. The van der Waals surface area contributed by atoms with Crippen molar-refractivity contribution in [2.45, 2.75) is 59.2 Å². The quantitative estimate of drug-likeness (QED) is 0.424. The lowest BCUT2D eigenvalue weighted by Crippen LogP contribution is -2.53. The molecule has 196 valence electrons. The lowest BCUT2D eigenvalue weighted by atomic mass is 9.96. The smallest absolute Gasteiger partial charge is 0.408 e. The third-order valence-electron chi connectivity index (χ3n) is 6.09. The van der Waals surface area contributed by atoms with E-state index in [1.165, 1.54) is 4.90 Å². The van der Waals surface area contributed by atoms with Crippen LogP contribution in [0.15, 0.2) is 66.7 Å². The van der Waals surface area contributed by atoms with Crippen LogP contribution in [0.1, 0.15) is 51.8 Å². The molecule has 0 fully saturated rings. The maximum absolute atomic E-state index is 13.7. The van der Waals surface area contributed by atoms with Gasteiger partial charge in [-0.05, 0) is 67.6 Å². The van der Waals surface area contributed by atoms with Crippen LogP contribution < -0.4 is 10.6 Å². The van der Waals surface area contributed by atoms with E-state index in [4.69, 9.17) is 4.74 Å². The number of carbonyl (C=O) groups is 3. The second-order valence-corrected chi connectivity index (χ2v) is 10.6. The van der Waals surface area contributed by atoms with E-state index in [1.54, 1.807) is 27.8 Å². The van der Waals surface area contributed by atoms with E-state index in [-0.39, 0.29) is 17.7 Å². The maximum Gasteiger partial charge on any atom is 0.408 e. The highest BCUT2D eigenvalue weighted by atomic mass is 16.6. The van der Waals surface area contributed by atoms with Crippen LogP contribution >= 0.6 is 0 Å². The number of anilines is 1. The number of benzene rings is 3. The van der Waals surface area contributed by atoms with Crippen molar-refractivity contribution in [2.75, 3.05) is 12.4 Å². The molecule has 0 saturated carbocycles. The lowest BCUT2D eigenvalue weighted by molar-refractivity contribution is -0.140. The van der Waals surface area contributed by atoms with Crippen molar-refractivity contribution in [3.05, 3.63) is 77.9 Å². The number of alkyl carbamates (subject to hydrolysis) is 1. The molecule has 3 aromatic carbocycles. The Hall–Kier alpha value is -3.87. The molecule has 0 spiro atoms. The first-order chi connectivity index (χ1) is 17.4. The molecular formula is C30H37N3O4. The molecule has 3 aromatic rings. The molecule has 2 atom stereocenters. The van der Waals surface area contributed by atoms with Crippen molar-refractivity contribution >= 4 is 34.4 Å². The van der Waals surface area contributed by atoms with Gasteiger partial charge in [0, 0.05) is 12.7 Å². The van der Waals surface area contributed by atoms with Gasteiger partial charge in [-0.15, -0.1) is 0 Å². The predicted molar refractivity (Wildman–Crippen MR) is 147 cm³/mol. The van der Waals surface area contributed by atoms with Gasteiger partial charge in [0.2, 0.25) is 5.91 Å². The largest absolute Gasteiger partial charge is 0.444 e. The third kappa shape index (κ3) is 7.09. The SMILES string of the molecule is Cc1ccccc1C(C(=O)Nc1ccc2ccccc2c1)N(C)C(=O)C(NC(=O)OC(C)(C)C)C(C)C. The Bertz CT molecular complexity index is 1280. The highest BCUT2D eigenvalue weighted by molar-refractivity contribution is 6.00. The van der Waals surface area contributed by atoms with Crippen LogP contribution in [0.25, 0.3) is 10.8 Å². The van der Waals surface area contributed by atoms with Crippen LogP contribution in [0.5, 0.6) is 0 Å². The highest BCUT2D eigenvalue weighted by Crippen LogP contribution is 2.27. The Morgan fingerprint density at radius 1 is 0.892 bits per heavy atom. The fourth-order valence-electron chi connectivity index (χ4n) is 4.19. The minimum atomic E-state index is -0.915. The van der Waals surface area contributed by atoms with Crippen molar-refractivity contribution < 1.29 is 19.1 Å². The molecule has 0 radical (unpaired) electrons. The molecule has 0 aliphatic heterocycles. The van der Waals surface area contributed by atoms with Crippen molar-refractivity contribution in [1.29, 1.82) is 0 Å². The number of hydrogen-bond donors (Lipinski definition) is 2. The average molecular weight is 504 g/mol. The van der Waals surface area contributed by atoms with Crippen LogP contribution in [-0.2, 0) is 14.3 Å². The number of rotatable bonds is 7. The number of hydrogen-bond acceptors (Lipinski definition) is 4. The second-order valence-electron chi connectivity index (χ2n) is 10.6. The fraction of sp³-hybridized carbons (Fsp3) is 0.367. The van der Waals surface area contributed by atoms with Gasteiger partial charge in [0.05, 0.1) is 0 Å². The summed E-state index contributed by atoms with van der Waals surface area (Å²) in [5.41, 5.74) is 1.51. The summed E-state index contributed by atoms with van der Waals surface area (Å²) in [5.74, 6) is -0.966. The van der Waals surface area contributed by atoms with E-state index in [9.17, 15) is 14.4 Å². The van der Waals surface area contributed by atoms with Crippen molar-refractivity contribution in [3.63, 3.8) is 0 Å². The Balaban J connectivity index is 1.92. The summed E-state index contributed by atoms with van der Waals surface area (Å²) >= 11 is 0. The Kier molecular flexibility index (Phi) is 8.58. The molecule has 7 nitrogen and oxygen atoms in total. The summed E-state index contributed by atoms with van der Waals surface area (Å²) in [5, 5.41) is 7.75. The third-order valence-corrected chi connectivity index (χ3v) is 6.09. The first-order valence-electron chi connectivity index (χ1n) is 12.5. The van der Waals surface area contributed by atoms with Crippen LogP contribution in [-0.4, -0.2) is 41.5 Å². The molecular weight excluding hydrogens is 466 g/mol. The maximum atomic E-state index is 13.7. The minimum Gasteiger partial charge on any atom is -0.444 e. The Morgan fingerprint density at radius 3 is 2.14 bits per heavy atom. The fourth-order valence-corrected chi connectivity index (χ4v) is 4.19. The summed E-state index contributed by atoms with van der Waals surface area (Å²) < 4.78 is 5.37. The zero-order valence-electron chi connectivity index (χ0n) is 22.7. The summed E-state index contributed by atoms with van der Waals surface area (Å²) in [6.07, 6.45) is -0.680. The topological polar surface area (TPSA) is 87.7 Å². The van der Waals surface area contributed by atoms with E-state index in [0.717, 1.165) is 16.3 Å². The summed E-state index contributed by atoms with van der Waals surface area (Å²) in [6, 6.07) is 19.3. The van der Waals surface area contributed by atoms with Gasteiger partial charge in [-0.3, -0.25) is 9.59 Å². The molecule has 0 heterocycles. The van der Waals surface area contributed by atoms with Gasteiger partial charge in [-0.2, -0.15) is 0 Å². The summed E-state index contributed by atoms with van der Waals surface area (Å²) in [6.45, 7) is 10.9. The number of fused-ring (bicyclic) bond motifs is 1. The molecule has 0 bridgehead atoms. The Morgan fingerprint density at radius 2 is 1.51 bits per heavy atom. The zero-order valence-corrected chi connectivity index (χ0v) is 22.7. The van der Waals surface area contributed by atoms with Gasteiger partial charge >= 0.3 is 6.09 Å². The monoisotopic (exact) mass is 503 g/mol. The van der Waals surface area contributed by atoms with Crippen molar-refractivity contribution in [2.24, 2.45) is 5.92 Å². The van der Waals surface area contributed by atoms with Crippen LogP contribution in [0.3, 0.4) is 0 Å². The lowest BCUT2D eigenvalue weighted by Gasteiger charge is -2.33. The molecule has 0 aromatic heterocycles. The normalized spacial score (nSPS) is 13.1. The predicted octanol–water partition coefficient (Wildman–Crippen LogP) is 5.84. The standard InChI is InChI=1S/C30H37N3O4/c1-19(2)25(32-29(36)37-30(4,5)6)28(35)33(7)26(24-15-11-8-12-20(24)3)27(34)31-23-17-16-21-13-9-10-14-22(21)18-23/h8-19,25-26H,1-7H3,(H,31,34)(H,32,36). The molecule has 3 amide bonds. The van der Waals surface area contributed by atoms with Crippen molar-refractivity contribution in [1.82, 2.24) is 10.2 Å². The molecule has 0 saturated heterocycles. The molecule has 3 rings (SSSR count). The van der Waals surface area contributed by atoms with E-state index in [0.29, 0.717) is 11.3 Å². The number of likely N-dealkylation sites (N-methyl/N-ethyl adjacent to an activating group) is 1. The van der Waals surface area contributed by atoms with Gasteiger partial charge in [0.1, 0.15) is 17.7 Å². The molecule has 2 N–H and O–H groups in total. The number of carbonyl (C=O) groups excluding carboxylic acids is 3. The van der Waals surface area contributed by atoms with Crippen molar-refractivity contribution in [3.8, 4) is 0 Å². The Labute approximate surface area is 219 Å². The first kappa shape index (κ1) is 27.7. The van der Waals surface area contributed by atoms with Gasteiger partial charge in [0.15, 0.2) is 0 Å². The number of amides is 3. The molecule has 0 aliphatic carbocycles. The van der Waals surface area contributed by atoms with Gasteiger partial charge in [-0.1, -0.05) is 68.4 Å². The van der Waals surface area contributed by atoms with E-state index >= 15 is 0 Å². The molecule has 7 heteroatoms. The number of aryl methyl sites for hydroxylation is 1. The van der Waals surface area contributed by atoms with Gasteiger partial charge in [-0.25, -0.2) is 4.79 Å². The number of nitrogens with zero attached hydrogens (tertiary/aromatic N) is 1. The van der Waals surface area contributed by atoms with Gasteiger partial charge in [0.25, 0.3) is 5.91 Å². The molecule has 2 unspecified atom stereocenters. The number of ether oxygens (including phenoxy) is 1. The zero-order chi connectivity index (χ0) is 27.3.